The summed E-state index contributed by atoms with van der Waals surface area (Å²) < 4.78 is 38.3. The maximum Gasteiger partial charge on any atom is 0.118 e. The molecule has 6 heteroatoms. The molecular weight excluding hydrogens is 552 g/mol. The van der Waals surface area contributed by atoms with E-state index in [2.05, 4.69) is 43.0 Å². The summed E-state index contributed by atoms with van der Waals surface area (Å²) in [6.45, 7) is 6.03. The molecule has 0 bridgehead atoms. The summed E-state index contributed by atoms with van der Waals surface area (Å²) in [4.78, 5) is 0. The van der Waals surface area contributed by atoms with Gasteiger partial charge in [-0.1, -0.05) is 109 Å². The molecule has 1 aliphatic rings. The Kier molecular flexibility index (Phi) is 12.2. The van der Waals surface area contributed by atoms with Crippen molar-refractivity contribution in [2.75, 3.05) is 13.7 Å². The van der Waals surface area contributed by atoms with Gasteiger partial charge in [0.05, 0.1) is 46.2 Å². The van der Waals surface area contributed by atoms with E-state index >= 15 is 0 Å². The molecule has 0 amide bonds. The molecule has 0 saturated carbocycles. The SMILES string of the molecule is C=CC[C@H]1O[C@H](COCc2ccc(OC)cc2)[C@@H](OCc2ccccc2)[C@H](OCc2ccccc2)[C@@H]1OCc1ccccc1. The van der Waals surface area contributed by atoms with E-state index in [-0.39, 0.29) is 12.2 Å². The van der Waals surface area contributed by atoms with Gasteiger partial charge in [0, 0.05) is 0 Å². The number of methoxy groups -OCH3 is 1. The zero-order valence-electron chi connectivity index (χ0n) is 25.3. The van der Waals surface area contributed by atoms with Crippen LogP contribution in [0.3, 0.4) is 0 Å². The maximum atomic E-state index is 6.74. The van der Waals surface area contributed by atoms with Crippen molar-refractivity contribution in [2.45, 2.75) is 63.4 Å². The summed E-state index contributed by atoms with van der Waals surface area (Å²) in [5, 5.41) is 0. The highest BCUT2D eigenvalue weighted by molar-refractivity contribution is 5.26. The van der Waals surface area contributed by atoms with Gasteiger partial charge in [-0.05, 0) is 40.8 Å². The van der Waals surface area contributed by atoms with E-state index in [4.69, 9.17) is 28.4 Å². The Morgan fingerprint density at radius 2 is 1.02 bits per heavy atom. The van der Waals surface area contributed by atoms with Gasteiger partial charge in [0.2, 0.25) is 0 Å². The average Bonchev–Trinajstić information content (AvgIpc) is 3.08. The van der Waals surface area contributed by atoms with E-state index in [0.29, 0.717) is 39.5 Å². The van der Waals surface area contributed by atoms with Gasteiger partial charge in [-0.25, -0.2) is 0 Å². The molecule has 6 nitrogen and oxygen atoms in total. The fraction of sp³-hybridized carbons (Fsp3) is 0.316. The number of benzene rings is 4. The van der Waals surface area contributed by atoms with Gasteiger partial charge in [0.25, 0.3) is 0 Å². The lowest BCUT2D eigenvalue weighted by Crippen LogP contribution is -2.61. The summed E-state index contributed by atoms with van der Waals surface area (Å²) in [6.07, 6.45) is 0.536. The van der Waals surface area contributed by atoms with Crippen LogP contribution in [-0.4, -0.2) is 44.2 Å². The molecular formula is C38H42O6. The summed E-state index contributed by atoms with van der Waals surface area (Å²) in [5.41, 5.74) is 4.28. The van der Waals surface area contributed by atoms with Crippen molar-refractivity contribution in [1.82, 2.24) is 0 Å². The maximum absolute atomic E-state index is 6.74. The van der Waals surface area contributed by atoms with Crippen molar-refractivity contribution in [3.05, 3.63) is 150 Å². The topological polar surface area (TPSA) is 55.4 Å². The molecule has 5 rings (SSSR count). The molecule has 0 aromatic heterocycles. The minimum Gasteiger partial charge on any atom is -0.497 e. The molecule has 0 N–H and O–H groups in total. The predicted octanol–water partition coefficient (Wildman–Crippen LogP) is 7.31. The van der Waals surface area contributed by atoms with Crippen molar-refractivity contribution in [3.8, 4) is 5.75 Å². The van der Waals surface area contributed by atoms with Crippen molar-refractivity contribution < 1.29 is 28.4 Å². The number of hydrogen-bond acceptors (Lipinski definition) is 6. The highest BCUT2D eigenvalue weighted by atomic mass is 16.6. The van der Waals surface area contributed by atoms with Crippen LogP contribution < -0.4 is 4.74 Å². The van der Waals surface area contributed by atoms with Crippen molar-refractivity contribution >= 4 is 0 Å². The molecule has 230 valence electrons. The Morgan fingerprint density at radius 3 is 1.50 bits per heavy atom. The van der Waals surface area contributed by atoms with Crippen LogP contribution in [0.4, 0.5) is 0 Å². The van der Waals surface area contributed by atoms with Gasteiger partial charge in [-0.3, -0.25) is 0 Å². The summed E-state index contributed by atoms with van der Waals surface area (Å²) in [5.74, 6) is 0.811. The monoisotopic (exact) mass is 594 g/mol. The van der Waals surface area contributed by atoms with E-state index < -0.39 is 18.3 Å². The molecule has 0 aliphatic carbocycles. The molecule has 1 fully saturated rings. The van der Waals surface area contributed by atoms with E-state index in [1.807, 2.05) is 84.9 Å². The molecule has 0 radical (unpaired) electrons. The zero-order chi connectivity index (χ0) is 30.4. The quantitative estimate of drug-likeness (QED) is 0.127. The Balaban J connectivity index is 1.39. The van der Waals surface area contributed by atoms with Crippen LogP contribution in [0.5, 0.6) is 5.75 Å². The van der Waals surface area contributed by atoms with E-state index in [9.17, 15) is 0 Å². The van der Waals surface area contributed by atoms with Crippen LogP contribution in [0.25, 0.3) is 0 Å². The molecule has 1 heterocycles. The third-order valence-electron chi connectivity index (χ3n) is 7.69. The molecule has 4 aromatic carbocycles. The molecule has 0 unspecified atom stereocenters. The Labute approximate surface area is 261 Å². The number of ether oxygens (including phenoxy) is 6. The zero-order valence-corrected chi connectivity index (χ0v) is 25.3. The van der Waals surface area contributed by atoms with E-state index in [1.165, 1.54) is 0 Å². The van der Waals surface area contributed by atoms with Gasteiger partial charge in [-0.15, -0.1) is 6.58 Å². The van der Waals surface area contributed by atoms with Crippen molar-refractivity contribution in [2.24, 2.45) is 0 Å². The number of rotatable bonds is 16. The average molecular weight is 595 g/mol. The van der Waals surface area contributed by atoms with Gasteiger partial charge in [0.15, 0.2) is 0 Å². The standard InChI is InChI=1S/C38H42O6/c1-3-13-34-36(41-25-29-14-7-4-8-15-29)38(43-27-31-18-11-6-12-19-31)37(42-26-30-16-9-5-10-17-30)35(44-34)28-40-24-32-20-22-33(39-2)23-21-32/h3-12,14-23,34-38H,1,13,24-28H2,2H3/t34-,35-,36-,37-,38-/m1/s1. The number of hydrogen-bond donors (Lipinski definition) is 0. The third-order valence-corrected chi connectivity index (χ3v) is 7.69. The molecule has 44 heavy (non-hydrogen) atoms. The molecule has 1 aliphatic heterocycles. The minimum absolute atomic E-state index is 0.289. The predicted molar refractivity (Wildman–Crippen MR) is 171 cm³/mol. The van der Waals surface area contributed by atoms with Crippen molar-refractivity contribution in [3.63, 3.8) is 0 Å². The van der Waals surface area contributed by atoms with Crippen LogP contribution in [-0.2, 0) is 50.1 Å². The van der Waals surface area contributed by atoms with Crippen LogP contribution in [0.2, 0.25) is 0 Å². The first-order chi connectivity index (χ1) is 21.7. The Bertz CT molecular complexity index is 1360. The second-order valence-electron chi connectivity index (χ2n) is 10.9. The first-order valence-electron chi connectivity index (χ1n) is 15.2. The van der Waals surface area contributed by atoms with Crippen LogP contribution >= 0.6 is 0 Å². The van der Waals surface area contributed by atoms with Gasteiger partial charge < -0.3 is 28.4 Å². The lowest BCUT2D eigenvalue weighted by Gasteiger charge is -2.46. The summed E-state index contributed by atoms with van der Waals surface area (Å²) in [7, 11) is 1.66. The van der Waals surface area contributed by atoms with E-state index in [1.54, 1.807) is 7.11 Å². The van der Waals surface area contributed by atoms with E-state index in [0.717, 1.165) is 28.0 Å². The first kappa shape index (κ1) is 31.6. The normalized spacial score (nSPS) is 21.5. The summed E-state index contributed by atoms with van der Waals surface area (Å²) >= 11 is 0. The molecule has 4 aromatic rings. The van der Waals surface area contributed by atoms with Crippen LogP contribution in [0, 0.1) is 0 Å². The first-order valence-corrected chi connectivity index (χ1v) is 15.2. The largest absolute Gasteiger partial charge is 0.497 e. The van der Waals surface area contributed by atoms with Crippen LogP contribution in [0.1, 0.15) is 28.7 Å². The lowest BCUT2D eigenvalue weighted by molar-refractivity contribution is -0.271. The van der Waals surface area contributed by atoms with Gasteiger partial charge in [0.1, 0.15) is 30.2 Å². The van der Waals surface area contributed by atoms with Gasteiger partial charge in [-0.2, -0.15) is 0 Å². The van der Waals surface area contributed by atoms with Crippen molar-refractivity contribution in [1.29, 1.82) is 0 Å². The highest BCUT2D eigenvalue weighted by Crippen LogP contribution is 2.32. The fourth-order valence-electron chi connectivity index (χ4n) is 5.39. The minimum atomic E-state index is -0.448. The van der Waals surface area contributed by atoms with Crippen LogP contribution in [0.15, 0.2) is 128 Å². The second-order valence-corrected chi connectivity index (χ2v) is 10.9. The van der Waals surface area contributed by atoms with Gasteiger partial charge >= 0.3 is 0 Å². The highest BCUT2D eigenvalue weighted by Gasteiger charge is 2.48. The molecule has 5 atom stereocenters. The lowest BCUT2D eigenvalue weighted by atomic mass is 9.92. The third kappa shape index (κ3) is 9.11. The fourth-order valence-corrected chi connectivity index (χ4v) is 5.39. The Hall–Kier alpha value is -3.78. The summed E-state index contributed by atoms with van der Waals surface area (Å²) in [6, 6.07) is 38.4. The smallest absolute Gasteiger partial charge is 0.118 e. The Morgan fingerprint density at radius 1 is 0.568 bits per heavy atom. The second kappa shape index (κ2) is 16.9. The molecule has 0 spiro atoms. The molecule has 1 saturated heterocycles.